The largest absolute Gasteiger partial charge is 1.00 e. The monoisotopic (exact) mass is 907 g/mol. The molecule has 0 N–H and O–H groups in total. The minimum absolute atomic E-state index is 0. The molecule has 0 aliphatic carbocycles. The average Bonchev–Trinajstić information content (AvgIpc) is 3.04. The van der Waals surface area contributed by atoms with Gasteiger partial charge in [-0.3, -0.25) is 0 Å². The third kappa shape index (κ3) is 17.7. The van der Waals surface area contributed by atoms with Crippen LogP contribution in [-0.2, 0) is 0 Å². The van der Waals surface area contributed by atoms with Crippen molar-refractivity contribution in [1.82, 2.24) is 0 Å². The zero-order valence-electron chi connectivity index (χ0n) is 36.4. The summed E-state index contributed by atoms with van der Waals surface area (Å²) in [5.41, 5.74) is 1.44. The van der Waals surface area contributed by atoms with Crippen LogP contribution in [0.15, 0.2) is 106 Å². The van der Waals surface area contributed by atoms with Gasteiger partial charge in [0.1, 0.15) is 0 Å². The van der Waals surface area contributed by atoms with Crippen molar-refractivity contribution in [3.8, 4) is 0 Å². The molecule has 0 saturated carbocycles. The van der Waals surface area contributed by atoms with Crippen molar-refractivity contribution in [2.24, 2.45) is 0 Å². The van der Waals surface area contributed by atoms with Gasteiger partial charge in [0.05, 0.1) is 14.9 Å². The van der Waals surface area contributed by atoms with E-state index in [2.05, 4.69) is 233 Å². The minimum Gasteiger partial charge on any atom is -0.176 e. The fourth-order valence-electron chi connectivity index (χ4n) is 4.53. The quantitative estimate of drug-likeness (QED) is 0.109. The molecule has 0 bridgehead atoms. The van der Waals surface area contributed by atoms with Gasteiger partial charge in [-0.1, -0.05) is 157 Å². The molecule has 0 spiro atoms. The molecule has 2 radical (unpaired) electrons. The van der Waals surface area contributed by atoms with Crippen LogP contribution < -0.4 is 40.1 Å². The van der Waals surface area contributed by atoms with Crippen LogP contribution in [-0.4, -0.2) is 54.8 Å². The van der Waals surface area contributed by atoms with Gasteiger partial charge in [0.15, 0.2) is 0 Å². The summed E-state index contributed by atoms with van der Waals surface area (Å²) in [5.74, 6) is 0. The van der Waals surface area contributed by atoms with Crippen molar-refractivity contribution in [2.45, 2.75) is 111 Å². The molecule has 8 heteroatoms. The first-order chi connectivity index (χ1) is 23.6. The van der Waals surface area contributed by atoms with Crippen molar-refractivity contribution < 1.29 is 18.9 Å². The molecule has 0 aliphatic heterocycles. The molecule has 0 saturated heterocycles. The first-order valence-corrected chi connectivity index (χ1v) is 27.3. The summed E-state index contributed by atoms with van der Waals surface area (Å²) in [6, 6.07) is 37.1. The second kappa shape index (κ2) is 23.0. The van der Waals surface area contributed by atoms with E-state index in [1.807, 2.05) is 18.2 Å². The Kier molecular flexibility index (Phi) is 23.1. The average molecular weight is 909 g/mol. The topological polar surface area (TPSA) is 0 Å². The molecule has 0 aliphatic rings. The molecule has 0 amide bonds. The molecule has 4 aromatic carbocycles. The number of hydrogen-bond acceptors (Lipinski definition) is 0. The molecular weight excluding hydrogens is 842 g/mol. The molecule has 0 aromatic heterocycles. The minimum atomic E-state index is -1.56. The second-order valence-electron chi connectivity index (χ2n) is 17.4. The molecule has 1 unspecified atom stereocenters. The Labute approximate surface area is 362 Å². The van der Waals surface area contributed by atoms with Crippen LogP contribution in [0.2, 0.25) is 0 Å². The van der Waals surface area contributed by atoms with Gasteiger partial charge in [-0.05, 0) is 121 Å². The molecule has 53 heavy (non-hydrogen) atoms. The van der Waals surface area contributed by atoms with E-state index < -0.39 is 7.14 Å². The Hall–Kier alpha value is 0.222. The van der Waals surface area contributed by atoms with Crippen molar-refractivity contribution in [3.63, 3.8) is 0 Å². The Balaban J connectivity index is 0.000000677. The third-order valence-corrected chi connectivity index (χ3v) is 25.1. The van der Waals surface area contributed by atoms with Gasteiger partial charge >= 0.3 is 26.4 Å². The van der Waals surface area contributed by atoms with E-state index >= 15 is 0 Å². The third-order valence-electron chi connectivity index (χ3n) is 9.51. The maximum atomic E-state index is 6.50. The van der Waals surface area contributed by atoms with Crippen LogP contribution in [0.5, 0.6) is 0 Å². The number of halogens is 2. The van der Waals surface area contributed by atoms with E-state index in [4.69, 9.17) is 7.57 Å². The summed E-state index contributed by atoms with van der Waals surface area (Å²) >= 11 is 7.18. The van der Waals surface area contributed by atoms with Crippen molar-refractivity contribution >= 4 is 91.5 Å². The van der Waals surface area contributed by atoms with Crippen LogP contribution in [0.3, 0.4) is 0 Å². The number of rotatable bonds is 4. The standard InChI is InChI=1S/C12H19P.C11H16BBrP.C11H16BrP.C11H16P.Li/c1-10-8-6-7-9-11(10)13(5)12(2,3)4;1-11(2,3)14(4,12)10-8-6-5-7-9(10)13;1-11(2,3)13(4)10-8-6-5-7-9(10)12;1-11(2,3)12(4)10-8-6-5-7-9-10;/h6-9H,1-5H3;5-8H,1-4H3;5-8H,1-4H3;5-8H,1-4H3;/q;+1;;-1;+1/t13-;;13-;12-;/m0.00./s1. The molecule has 4 rings (SSSR count). The predicted molar refractivity (Wildman–Crippen MR) is 259 cm³/mol. The molecule has 0 nitrogen and oxygen atoms in total. The van der Waals surface area contributed by atoms with Gasteiger partial charge < -0.3 is 0 Å². The Morgan fingerprint density at radius 3 is 1.34 bits per heavy atom. The number of benzene rings is 4. The van der Waals surface area contributed by atoms with Gasteiger partial charge in [0.2, 0.25) is 0 Å². The zero-order valence-corrected chi connectivity index (χ0v) is 43.1. The SMILES string of the molecule is C[P@@](c1[c-]cccc1)C(C)(C)C.C[P@@](c1ccccc1Br)C(C)(C)C.Cc1ccccc1[P@](C)C(C)(C)C.[B][P+](C)(c1ccccc1Br)C(C)(C)C.[Li+]. The van der Waals surface area contributed by atoms with E-state index in [-0.39, 0.29) is 47.8 Å². The molecule has 0 fully saturated rings. The summed E-state index contributed by atoms with van der Waals surface area (Å²) < 4.78 is 2.38. The van der Waals surface area contributed by atoms with E-state index in [1.54, 1.807) is 5.30 Å². The molecule has 284 valence electrons. The van der Waals surface area contributed by atoms with Crippen LogP contribution in [0, 0.1) is 13.0 Å². The van der Waals surface area contributed by atoms with Gasteiger partial charge in [-0.2, -0.15) is 30.3 Å². The predicted octanol–water partition coefficient (Wildman–Crippen LogP) is 11.1. The van der Waals surface area contributed by atoms with Crippen molar-refractivity contribution in [1.29, 1.82) is 0 Å². The Bertz CT molecular complexity index is 1570. The first kappa shape index (κ1) is 53.2. The van der Waals surface area contributed by atoms with Crippen molar-refractivity contribution in [2.75, 3.05) is 26.7 Å². The van der Waals surface area contributed by atoms with E-state index in [0.717, 1.165) is 4.47 Å². The zero-order chi connectivity index (χ0) is 40.3. The molecule has 4 atom stereocenters. The number of hydrogen-bond donors (Lipinski definition) is 0. The summed E-state index contributed by atoms with van der Waals surface area (Å²) in [6.45, 7) is 38.8. The maximum absolute atomic E-state index is 6.50. The fraction of sp³-hybridized carbons (Fsp3) is 0.467. The summed E-state index contributed by atoms with van der Waals surface area (Å²) in [6.07, 6.45) is 0. The molecular formula is C45H67BBr2LiP4+. The van der Waals surface area contributed by atoms with Crippen LogP contribution in [0.25, 0.3) is 0 Å². The van der Waals surface area contributed by atoms with Gasteiger partial charge in [0.25, 0.3) is 0 Å². The maximum Gasteiger partial charge on any atom is 1.00 e. The van der Waals surface area contributed by atoms with E-state index in [9.17, 15) is 0 Å². The van der Waals surface area contributed by atoms with Crippen LogP contribution in [0.1, 0.15) is 88.6 Å². The Morgan fingerprint density at radius 2 is 0.943 bits per heavy atom. The van der Waals surface area contributed by atoms with Crippen molar-refractivity contribution in [3.05, 3.63) is 118 Å². The normalized spacial score (nSPS) is 14.5. The summed E-state index contributed by atoms with van der Waals surface area (Å²) in [5, 5.41) is 7.01. The molecule has 4 aromatic rings. The Morgan fingerprint density at radius 1 is 0.547 bits per heavy atom. The van der Waals surface area contributed by atoms with Gasteiger partial charge in [-0.15, -0.1) is 5.30 Å². The van der Waals surface area contributed by atoms with Crippen LogP contribution >= 0.6 is 62.8 Å². The smallest absolute Gasteiger partial charge is 0.176 e. The van der Waals surface area contributed by atoms with Crippen LogP contribution in [0.4, 0.5) is 0 Å². The fourth-order valence-corrected chi connectivity index (χ4v) is 13.0. The molecule has 0 heterocycles. The van der Waals surface area contributed by atoms with E-state index in [1.165, 1.54) is 25.9 Å². The summed E-state index contributed by atoms with van der Waals surface area (Å²) in [7, 11) is 4.74. The second-order valence-corrected chi connectivity index (χ2v) is 31.9. The van der Waals surface area contributed by atoms with Gasteiger partial charge in [-0.25, -0.2) is 0 Å². The summed E-state index contributed by atoms with van der Waals surface area (Å²) in [4.78, 5) is 0. The number of aryl methyl sites for hydroxylation is 1. The first-order valence-electron chi connectivity index (χ1n) is 18.0. The van der Waals surface area contributed by atoms with Gasteiger partial charge in [0, 0.05) is 11.1 Å². The van der Waals surface area contributed by atoms with E-state index in [0.29, 0.717) is 15.5 Å².